The first-order valence-corrected chi connectivity index (χ1v) is 16.9. The lowest BCUT2D eigenvalue weighted by atomic mass is 9.56. The van der Waals surface area contributed by atoms with Gasteiger partial charge in [-0.1, -0.05) is 42.0 Å². The standard InChI is InChI=1S/C37H21Cl2F5N2O8/c38-36-12-19-16(8-9-18-22(19)32(50)45(31(18)49)14-6-7-17(33(51)52)21(48)11-14)24(23-15-4-2-1-3-13(15)5-10-20(23)47)37(36,39)35(54)46(34(36)53)30-28(43)26(41)25(40)27(42)29(30)44/h1-8,10-11,18-19,22,24,47-48H,9,12H2,(H,51,52)/t18-,19+,22-,24+,36+,37-/m0/s1. The second kappa shape index (κ2) is 11.7. The van der Waals surface area contributed by atoms with E-state index in [0.717, 1.165) is 18.2 Å². The first-order valence-electron chi connectivity index (χ1n) is 16.1. The van der Waals surface area contributed by atoms with Gasteiger partial charge in [-0.25, -0.2) is 36.5 Å². The summed E-state index contributed by atoms with van der Waals surface area (Å²) in [5.41, 5.74) is -2.66. The Morgan fingerprint density at radius 3 is 2.06 bits per heavy atom. The molecule has 2 aliphatic carbocycles. The number of phenolic OH excluding ortho intramolecular Hbond substituents is 1. The van der Waals surface area contributed by atoms with E-state index in [9.17, 15) is 52.5 Å². The van der Waals surface area contributed by atoms with E-state index in [1.54, 1.807) is 18.2 Å². The van der Waals surface area contributed by atoms with E-state index in [2.05, 4.69) is 0 Å². The number of alkyl halides is 2. The molecule has 4 amide bonds. The molecule has 4 aromatic rings. The number of aromatic carboxylic acids is 1. The molecule has 54 heavy (non-hydrogen) atoms. The van der Waals surface area contributed by atoms with Crippen LogP contribution >= 0.6 is 23.2 Å². The molecule has 2 heterocycles. The van der Waals surface area contributed by atoms with Crippen molar-refractivity contribution in [2.24, 2.45) is 17.8 Å². The minimum Gasteiger partial charge on any atom is -0.508 e. The van der Waals surface area contributed by atoms with Crippen LogP contribution in [0.15, 0.2) is 66.2 Å². The molecule has 2 saturated heterocycles. The molecule has 4 aliphatic rings. The Kier molecular flexibility index (Phi) is 7.71. The van der Waals surface area contributed by atoms with Crippen molar-refractivity contribution in [3.63, 3.8) is 0 Å². The van der Waals surface area contributed by atoms with Crippen LogP contribution in [0.25, 0.3) is 10.8 Å². The monoisotopic (exact) mass is 786 g/mol. The number of allylic oxidation sites excluding steroid dienone is 2. The third-order valence-corrected chi connectivity index (χ3v) is 12.3. The molecule has 0 bridgehead atoms. The summed E-state index contributed by atoms with van der Waals surface area (Å²) in [6, 6.07) is 12.1. The van der Waals surface area contributed by atoms with Crippen LogP contribution < -0.4 is 9.80 Å². The van der Waals surface area contributed by atoms with Crippen molar-refractivity contribution in [2.45, 2.75) is 28.5 Å². The van der Waals surface area contributed by atoms with Crippen LogP contribution in [-0.4, -0.2) is 54.7 Å². The fourth-order valence-electron chi connectivity index (χ4n) is 8.57. The van der Waals surface area contributed by atoms with Crippen molar-refractivity contribution >= 4 is 74.9 Å². The summed E-state index contributed by atoms with van der Waals surface area (Å²) in [6.07, 6.45) is 0.501. The number of fused-ring (bicyclic) bond motifs is 5. The van der Waals surface area contributed by atoms with Crippen molar-refractivity contribution in [3.05, 3.63) is 106 Å². The number of nitrogens with zero attached hydrogens (tertiary/aromatic N) is 2. The van der Waals surface area contributed by atoms with Gasteiger partial charge >= 0.3 is 5.97 Å². The van der Waals surface area contributed by atoms with Gasteiger partial charge in [0.2, 0.25) is 17.6 Å². The highest BCUT2D eigenvalue weighted by molar-refractivity contribution is 6.58. The van der Waals surface area contributed by atoms with Gasteiger partial charge in [-0.2, -0.15) is 0 Å². The number of rotatable bonds is 4. The van der Waals surface area contributed by atoms with Gasteiger partial charge in [0, 0.05) is 17.5 Å². The largest absolute Gasteiger partial charge is 0.508 e. The number of carboxylic acid groups (broad SMARTS) is 1. The Morgan fingerprint density at radius 1 is 0.759 bits per heavy atom. The van der Waals surface area contributed by atoms with Crippen LogP contribution in [0.2, 0.25) is 0 Å². The maximum absolute atomic E-state index is 15.3. The molecule has 8 rings (SSSR count). The zero-order valence-corrected chi connectivity index (χ0v) is 28.4. The second-order valence-corrected chi connectivity index (χ2v) is 14.7. The van der Waals surface area contributed by atoms with Crippen LogP contribution in [0.5, 0.6) is 11.5 Å². The highest BCUT2D eigenvalue weighted by Gasteiger charge is 2.77. The predicted octanol–water partition coefficient (Wildman–Crippen LogP) is 6.41. The summed E-state index contributed by atoms with van der Waals surface area (Å²) >= 11 is 14.4. The van der Waals surface area contributed by atoms with Gasteiger partial charge in [0.1, 0.15) is 22.7 Å². The van der Waals surface area contributed by atoms with Crippen molar-refractivity contribution in [3.8, 4) is 11.5 Å². The van der Waals surface area contributed by atoms with Crippen LogP contribution in [0.3, 0.4) is 0 Å². The molecular formula is C37H21Cl2F5N2O8. The normalized spacial score (nSPS) is 27.6. The Balaban J connectivity index is 1.35. The Bertz CT molecular complexity index is 2470. The molecule has 17 heteroatoms. The number of anilines is 2. The van der Waals surface area contributed by atoms with Crippen molar-refractivity contribution in [1.82, 2.24) is 0 Å². The average molecular weight is 787 g/mol. The fourth-order valence-corrected chi connectivity index (χ4v) is 9.48. The fraction of sp³-hybridized carbons (Fsp3) is 0.216. The van der Waals surface area contributed by atoms with E-state index < -0.39 is 121 Å². The molecule has 0 spiro atoms. The lowest BCUT2D eigenvalue weighted by Gasteiger charge is -2.51. The van der Waals surface area contributed by atoms with Gasteiger partial charge in [0.05, 0.1) is 17.5 Å². The number of amides is 4. The van der Waals surface area contributed by atoms with E-state index in [4.69, 9.17) is 23.2 Å². The second-order valence-electron chi connectivity index (χ2n) is 13.4. The molecule has 0 unspecified atom stereocenters. The highest BCUT2D eigenvalue weighted by atomic mass is 35.5. The Hall–Kier alpha value is -5.54. The minimum atomic E-state index is -2.85. The van der Waals surface area contributed by atoms with Crippen LogP contribution in [0, 0.1) is 46.8 Å². The van der Waals surface area contributed by atoms with Crippen molar-refractivity contribution < 1.29 is 61.2 Å². The van der Waals surface area contributed by atoms with Crippen LogP contribution in [-0.2, 0) is 19.2 Å². The molecule has 0 radical (unpaired) electrons. The molecule has 276 valence electrons. The van der Waals surface area contributed by atoms with E-state index in [0.29, 0.717) is 10.3 Å². The van der Waals surface area contributed by atoms with Gasteiger partial charge in [-0.3, -0.25) is 19.2 Å². The van der Waals surface area contributed by atoms with Crippen LogP contribution in [0.4, 0.5) is 33.3 Å². The summed E-state index contributed by atoms with van der Waals surface area (Å²) in [6.45, 7) is 0. The number of carbonyl (C=O) groups is 5. The van der Waals surface area contributed by atoms with Gasteiger partial charge in [0.15, 0.2) is 33.0 Å². The first kappa shape index (κ1) is 35.5. The maximum Gasteiger partial charge on any atom is 0.339 e. The molecule has 0 aromatic heterocycles. The topological polar surface area (TPSA) is 153 Å². The number of carboxylic acids is 1. The zero-order valence-electron chi connectivity index (χ0n) is 26.9. The first-order chi connectivity index (χ1) is 25.5. The summed E-state index contributed by atoms with van der Waals surface area (Å²) in [7, 11) is 0. The third kappa shape index (κ3) is 4.36. The average Bonchev–Trinajstić information content (AvgIpc) is 3.48. The molecule has 10 nitrogen and oxygen atoms in total. The SMILES string of the molecule is O=C(O)c1ccc(N2C(=O)[C@H]3[C@H](CC=C4[C@H]3C[C@@]3(Cl)C(=O)N(c5c(F)c(F)c(F)c(F)c5F)C(=O)[C@@]3(Cl)[C@H]4c3c(O)ccc4ccccc34)C2=O)cc1O. The molecule has 6 atom stereocenters. The van der Waals surface area contributed by atoms with Gasteiger partial charge < -0.3 is 15.3 Å². The smallest absolute Gasteiger partial charge is 0.339 e. The van der Waals surface area contributed by atoms with E-state index in [1.807, 2.05) is 0 Å². The third-order valence-electron chi connectivity index (χ3n) is 10.9. The van der Waals surface area contributed by atoms with Gasteiger partial charge in [0.25, 0.3) is 11.8 Å². The quantitative estimate of drug-likeness (QED) is 0.0536. The molecule has 3 fully saturated rings. The molecule has 1 saturated carbocycles. The number of imide groups is 2. The number of phenols is 2. The Labute approximate surface area is 309 Å². The lowest BCUT2D eigenvalue weighted by molar-refractivity contribution is -0.125. The summed E-state index contributed by atoms with van der Waals surface area (Å²) in [5.74, 6) is -25.9. The van der Waals surface area contributed by atoms with Gasteiger partial charge in [-0.15, -0.1) is 23.2 Å². The summed E-state index contributed by atoms with van der Waals surface area (Å²) < 4.78 is 73.9. The number of carbonyl (C=O) groups excluding carboxylic acids is 4. The number of hydrogen-bond acceptors (Lipinski definition) is 7. The van der Waals surface area contributed by atoms with E-state index >= 15 is 8.78 Å². The highest BCUT2D eigenvalue weighted by Crippen LogP contribution is 2.67. The Morgan fingerprint density at radius 2 is 1.41 bits per heavy atom. The lowest BCUT2D eigenvalue weighted by Crippen LogP contribution is -2.60. The zero-order chi connectivity index (χ0) is 38.9. The molecule has 2 aliphatic heterocycles. The number of aromatic hydroxyl groups is 2. The molecule has 4 aromatic carbocycles. The summed E-state index contributed by atoms with van der Waals surface area (Å²) in [4.78, 5) is 63.5. The minimum absolute atomic E-state index is 0.113. The van der Waals surface area contributed by atoms with E-state index in [1.165, 1.54) is 24.3 Å². The van der Waals surface area contributed by atoms with E-state index in [-0.39, 0.29) is 33.5 Å². The van der Waals surface area contributed by atoms with Crippen molar-refractivity contribution in [2.75, 3.05) is 9.80 Å². The maximum atomic E-state index is 15.3. The predicted molar refractivity (Wildman–Crippen MR) is 180 cm³/mol. The number of benzene rings is 4. The van der Waals surface area contributed by atoms with Gasteiger partial charge in [-0.05, 0) is 47.7 Å². The van der Waals surface area contributed by atoms with Crippen LogP contribution in [0.1, 0.15) is 34.7 Å². The molecule has 3 N–H and O–H groups in total. The van der Waals surface area contributed by atoms with Crippen molar-refractivity contribution in [1.29, 1.82) is 0 Å². The number of hydrogen-bond donors (Lipinski definition) is 3. The molecular weight excluding hydrogens is 766 g/mol. The summed E-state index contributed by atoms with van der Waals surface area (Å²) in [5, 5.41) is 31.9. The number of halogens is 7.